The number of nitro groups is 1. The largest absolute Gasteiger partial charge is 0.495 e. The molecular weight excluding hydrogens is 384 g/mol. The van der Waals surface area contributed by atoms with E-state index in [1.807, 2.05) is 24.5 Å². The Labute approximate surface area is 172 Å². The molecule has 0 radical (unpaired) electrons. The predicted molar refractivity (Wildman–Crippen MR) is 112 cm³/mol. The summed E-state index contributed by atoms with van der Waals surface area (Å²) in [5.41, 5.74) is 3.58. The van der Waals surface area contributed by atoms with Crippen LogP contribution in [0, 0.1) is 24.0 Å². The summed E-state index contributed by atoms with van der Waals surface area (Å²) in [6.45, 7) is 3.68. The Balaban J connectivity index is 1.85. The van der Waals surface area contributed by atoms with Crippen molar-refractivity contribution in [1.29, 1.82) is 0 Å². The number of non-ortho nitro benzene ring substituents is 1. The summed E-state index contributed by atoms with van der Waals surface area (Å²) < 4.78 is 7.21. The maximum absolute atomic E-state index is 12.7. The van der Waals surface area contributed by atoms with Gasteiger partial charge in [0.2, 0.25) is 0 Å². The van der Waals surface area contributed by atoms with E-state index in [1.165, 1.54) is 19.2 Å². The van der Waals surface area contributed by atoms with Crippen molar-refractivity contribution in [3.63, 3.8) is 0 Å². The third kappa shape index (κ3) is 2.91. The van der Waals surface area contributed by atoms with Gasteiger partial charge in [-0.2, -0.15) is 0 Å². The average molecular weight is 402 g/mol. The third-order valence-corrected chi connectivity index (χ3v) is 5.29. The molecule has 0 saturated carbocycles. The predicted octanol–water partition coefficient (Wildman–Crippen LogP) is 4.47. The number of nitrogens with zero attached hydrogens (tertiary/aromatic N) is 2. The average Bonchev–Trinajstić information content (AvgIpc) is 3.15. The molecule has 0 bridgehead atoms. The number of rotatable bonds is 4. The zero-order chi connectivity index (χ0) is 21.6. The summed E-state index contributed by atoms with van der Waals surface area (Å²) in [6.07, 6.45) is 1.59. The highest BCUT2D eigenvalue weighted by atomic mass is 16.6. The highest BCUT2D eigenvalue weighted by Gasteiger charge is 2.32. The van der Waals surface area contributed by atoms with Gasteiger partial charge in [-0.05, 0) is 37.6 Å². The molecule has 1 aliphatic rings. The Morgan fingerprint density at radius 2 is 1.63 bits per heavy atom. The lowest BCUT2D eigenvalue weighted by Crippen LogP contribution is -2.04. The molecule has 7 heteroatoms. The number of benzene rings is 2. The molecule has 0 unspecified atom stereocenters. The summed E-state index contributed by atoms with van der Waals surface area (Å²) >= 11 is 0. The number of allylic oxidation sites excluding steroid dienone is 1. The van der Waals surface area contributed by atoms with Crippen LogP contribution in [-0.2, 0) is 0 Å². The third-order valence-electron chi connectivity index (χ3n) is 5.29. The summed E-state index contributed by atoms with van der Waals surface area (Å²) in [5.74, 6) is -0.122. The van der Waals surface area contributed by atoms with E-state index in [-0.39, 0.29) is 22.8 Å². The minimum absolute atomic E-state index is 0.0604. The molecule has 1 aromatic heterocycles. The van der Waals surface area contributed by atoms with Gasteiger partial charge in [-0.25, -0.2) is 0 Å². The number of nitro benzene ring substituents is 1. The first kappa shape index (κ1) is 19.3. The quantitative estimate of drug-likeness (QED) is 0.278. The molecule has 0 spiro atoms. The Morgan fingerprint density at radius 1 is 1.00 bits per heavy atom. The number of ketones is 2. The molecular formula is C23H18N2O5. The van der Waals surface area contributed by atoms with E-state index in [9.17, 15) is 19.7 Å². The number of aromatic nitrogens is 1. The van der Waals surface area contributed by atoms with Crippen LogP contribution in [0.4, 0.5) is 5.69 Å². The molecule has 150 valence electrons. The van der Waals surface area contributed by atoms with Crippen molar-refractivity contribution < 1.29 is 19.2 Å². The fourth-order valence-electron chi connectivity index (χ4n) is 3.83. The van der Waals surface area contributed by atoms with Gasteiger partial charge in [0.25, 0.3) is 5.69 Å². The van der Waals surface area contributed by atoms with Crippen LogP contribution in [0.2, 0.25) is 0 Å². The SMILES string of the molecule is COc1ccc([N+](=O)[O-])cc1-n1c(C)cc(C=C2C(=O)c3ccccc3C2=O)c1C. The zero-order valence-electron chi connectivity index (χ0n) is 16.6. The summed E-state index contributed by atoms with van der Waals surface area (Å²) in [7, 11) is 1.49. The number of Topliss-reactive ketones (excluding diaryl/α,β-unsaturated/α-hetero) is 2. The fraction of sp³-hybridized carbons (Fsp3) is 0.130. The van der Waals surface area contributed by atoms with Gasteiger partial charge >= 0.3 is 0 Å². The molecule has 30 heavy (non-hydrogen) atoms. The maximum atomic E-state index is 12.7. The molecule has 0 fully saturated rings. The molecule has 4 rings (SSSR count). The van der Waals surface area contributed by atoms with Gasteiger partial charge < -0.3 is 9.30 Å². The second-order valence-electron chi connectivity index (χ2n) is 7.04. The molecule has 0 amide bonds. The van der Waals surface area contributed by atoms with E-state index < -0.39 is 4.92 Å². The topological polar surface area (TPSA) is 91.4 Å². The molecule has 0 aliphatic heterocycles. The van der Waals surface area contributed by atoms with Crippen molar-refractivity contribution in [1.82, 2.24) is 4.57 Å². The Hall–Kier alpha value is -4.00. The Bertz CT molecular complexity index is 1230. The van der Waals surface area contributed by atoms with Gasteiger partial charge in [0, 0.05) is 34.6 Å². The van der Waals surface area contributed by atoms with Crippen LogP contribution < -0.4 is 4.74 Å². The van der Waals surface area contributed by atoms with Crippen LogP contribution in [0.3, 0.4) is 0 Å². The molecule has 0 N–H and O–H groups in total. The monoisotopic (exact) mass is 402 g/mol. The lowest BCUT2D eigenvalue weighted by Gasteiger charge is -2.13. The van der Waals surface area contributed by atoms with Crippen LogP contribution >= 0.6 is 0 Å². The van der Waals surface area contributed by atoms with Gasteiger partial charge in [-0.3, -0.25) is 19.7 Å². The fourth-order valence-corrected chi connectivity index (χ4v) is 3.83. The van der Waals surface area contributed by atoms with E-state index in [0.29, 0.717) is 28.1 Å². The van der Waals surface area contributed by atoms with E-state index in [2.05, 4.69) is 0 Å². The minimum atomic E-state index is -0.465. The number of hydrogen-bond acceptors (Lipinski definition) is 5. The van der Waals surface area contributed by atoms with E-state index >= 15 is 0 Å². The van der Waals surface area contributed by atoms with Crippen molar-refractivity contribution in [2.45, 2.75) is 13.8 Å². The number of fused-ring (bicyclic) bond motifs is 1. The first-order valence-electron chi connectivity index (χ1n) is 9.25. The number of methoxy groups -OCH3 is 1. The van der Waals surface area contributed by atoms with Crippen molar-refractivity contribution in [2.24, 2.45) is 0 Å². The second-order valence-corrected chi connectivity index (χ2v) is 7.04. The normalized spacial score (nSPS) is 12.8. The van der Waals surface area contributed by atoms with Gasteiger partial charge in [-0.1, -0.05) is 24.3 Å². The Kier molecular flexibility index (Phi) is 4.58. The lowest BCUT2D eigenvalue weighted by atomic mass is 10.1. The van der Waals surface area contributed by atoms with E-state index in [0.717, 1.165) is 11.4 Å². The van der Waals surface area contributed by atoms with Gasteiger partial charge in [0.15, 0.2) is 11.6 Å². The molecule has 0 saturated heterocycles. The van der Waals surface area contributed by atoms with Crippen LogP contribution in [0.15, 0.2) is 54.1 Å². The molecule has 3 aromatic rings. The maximum Gasteiger partial charge on any atom is 0.271 e. The van der Waals surface area contributed by atoms with Crippen LogP contribution in [0.5, 0.6) is 5.75 Å². The molecule has 7 nitrogen and oxygen atoms in total. The number of hydrogen-bond donors (Lipinski definition) is 0. The molecule has 1 aliphatic carbocycles. The van der Waals surface area contributed by atoms with Crippen LogP contribution in [-0.4, -0.2) is 28.2 Å². The van der Waals surface area contributed by atoms with Crippen molar-refractivity contribution in [3.05, 3.63) is 92.3 Å². The van der Waals surface area contributed by atoms with Gasteiger partial charge in [-0.15, -0.1) is 0 Å². The highest BCUT2D eigenvalue weighted by molar-refractivity contribution is 6.41. The van der Waals surface area contributed by atoms with Gasteiger partial charge in [0.05, 0.1) is 23.3 Å². The lowest BCUT2D eigenvalue weighted by molar-refractivity contribution is -0.384. The Morgan fingerprint density at radius 3 is 2.20 bits per heavy atom. The van der Waals surface area contributed by atoms with Crippen LogP contribution in [0.25, 0.3) is 11.8 Å². The second kappa shape index (κ2) is 7.11. The number of carbonyl (C=O) groups excluding carboxylic acids is 2. The van der Waals surface area contributed by atoms with E-state index in [4.69, 9.17) is 4.74 Å². The number of carbonyl (C=O) groups is 2. The first-order chi connectivity index (χ1) is 14.3. The molecule has 2 aromatic carbocycles. The summed E-state index contributed by atoms with van der Waals surface area (Å²) in [4.78, 5) is 36.2. The van der Waals surface area contributed by atoms with Crippen LogP contribution in [0.1, 0.15) is 37.7 Å². The smallest absolute Gasteiger partial charge is 0.271 e. The summed E-state index contributed by atoms with van der Waals surface area (Å²) in [6, 6.07) is 13.0. The first-order valence-corrected chi connectivity index (χ1v) is 9.25. The standard InChI is InChI=1S/C23H18N2O5/c1-13-10-15(11-19-22(26)17-6-4-5-7-18(17)23(19)27)14(2)24(13)20-12-16(25(28)29)8-9-21(20)30-3/h4-12H,1-3H3. The van der Waals surface area contributed by atoms with Crippen molar-refractivity contribution >= 4 is 23.3 Å². The minimum Gasteiger partial charge on any atom is -0.495 e. The van der Waals surface area contributed by atoms with Crippen molar-refractivity contribution in [3.8, 4) is 11.4 Å². The zero-order valence-corrected chi connectivity index (χ0v) is 16.6. The van der Waals surface area contributed by atoms with E-state index in [1.54, 1.807) is 36.4 Å². The molecule has 0 atom stereocenters. The number of aryl methyl sites for hydroxylation is 1. The number of ether oxygens (including phenoxy) is 1. The summed E-state index contributed by atoms with van der Waals surface area (Å²) in [5, 5.41) is 11.2. The highest BCUT2D eigenvalue weighted by Crippen LogP contribution is 2.33. The van der Waals surface area contributed by atoms with Gasteiger partial charge in [0.1, 0.15) is 5.75 Å². The van der Waals surface area contributed by atoms with Crippen molar-refractivity contribution in [2.75, 3.05) is 7.11 Å². The molecule has 1 heterocycles.